The lowest BCUT2D eigenvalue weighted by molar-refractivity contribution is -0.137. The molecule has 3 heterocycles. The van der Waals surface area contributed by atoms with Crippen molar-refractivity contribution in [2.75, 3.05) is 12.3 Å². The second-order valence-corrected chi connectivity index (χ2v) is 7.38. The number of fused-ring (bicyclic) bond motifs is 2. The van der Waals surface area contributed by atoms with Crippen LogP contribution in [0, 0.1) is 0 Å². The van der Waals surface area contributed by atoms with E-state index in [2.05, 4.69) is 10.2 Å². The predicted octanol–water partition coefficient (Wildman–Crippen LogP) is 3.79. The maximum Gasteiger partial charge on any atom is 0.417 e. The molecule has 0 fully saturated rings. The number of carbonyl (C=O) groups is 2. The first-order valence-corrected chi connectivity index (χ1v) is 9.33. The maximum atomic E-state index is 13.0. The summed E-state index contributed by atoms with van der Waals surface area (Å²) in [5, 5.41) is 7.66. The molecule has 0 spiro atoms. The first-order valence-electron chi connectivity index (χ1n) is 7.97. The highest BCUT2D eigenvalue weighted by atomic mass is 35.5. The molecule has 0 N–H and O–H groups in total. The van der Waals surface area contributed by atoms with Crippen molar-refractivity contribution in [1.29, 1.82) is 0 Å². The number of thioether (sulfide) groups is 1. The zero-order chi connectivity index (χ0) is 20.1. The number of amides is 2. The van der Waals surface area contributed by atoms with Crippen LogP contribution in [0.5, 0.6) is 0 Å². The fourth-order valence-corrected chi connectivity index (χ4v) is 3.94. The van der Waals surface area contributed by atoms with Gasteiger partial charge in [-0.3, -0.25) is 18.9 Å². The quantitative estimate of drug-likeness (QED) is 0.469. The molecule has 0 radical (unpaired) electrons. The van der Waals surface area contributed by atoms with Gasteiger partial charge in [-0.2, -0.15) is 13.2 Å². The summed E-state index contributed by atoms with van der Waals surface area (Å²) < 4.78 is 40.2. The van der Waals surface area contributed by atoms with Gasteiger partial charge in [0, 0.05) is 18.5 Å². The summed E-state index contributed by atoms with van der Waals surface area (Å²) in [5.41, 5.74) is -0.149. The number of nitrogens with zero attached hydrogens (tertiary/aromatic N) is 4. The molecule has 1 aliphatic rings. The number of pyridine rings is 1. The van der Waals surface area contributed by atoms with E-state index < -0.39 is 23.6 Å². The zero-order valence-corrected chi connectivity index (χ0v) is 15.5. The monoisotopic (exact) mass is 426 g/mol. The van der Waals surface area contributed by atoms with E-state index in [1.165, 1.54) is 0 Å². The third kappa shape index (κ3) is 3.12. The highest BCUT2D eigenvalue weighted by Gasteiger charge is 2.35. The maximum absolute atomic E-state index is 13.0. The first kappa shape index (κ1) is 18.8. The SMILES string of the molecule is O=C1c2ccccc2C(=O)N1CCSc1nnc2c(Cl)cc(C(F)(F)F)cn12. The van der Waals surface area contributed by atoms with Crippen molar-refractivity contribution in [1.82, 2.24) is 19.5 Å². The number of aromatic nitrogens is 3. The minimum atomic E-state index is -4.57. The molecule has 6 nitrogen and oxygen atoms in total. The second-order valence-electron chi connectivity index (χ2n) is 5.91. The summed E-state index contributed by atoms with van der Waals surface area (Å²) in [7, 11) is 0. The highest BCUT2D eigenvalue weighted by molar-refractivity contribution is 7.99. The van der Waals surface area contributed by atoms with E-state index >= 15 is 0 Å². The minimum absolute atomic E-state index is 0.0820. The molecule has 28 heavy (non-hydrogen) atoms. The van der Waals surface area contributed by atoms with Gasteiger partial charge in [0.05, 0.1) is 21.7 Å². The van der Waals surface area contributed by atoms with E-state index in [0.29, 0.717) is 11.1 Å². The van der Waals surface area contributed by atoms with E-state index in [0.717, 1.165) is 33.3 Å². The molecule has 3 aromatic rings. The van der Waals surface area contributed by atoms with Crippen LogP contribution in [0.4, 0.5) is 13.2 Å². The zero-order valence-electron chi connectivity index (χ0n) is 13.9. The van der Waals surface area contributed by atoms with Crippen LogP contribution in [-0.4, -0.2) is 43.6 Å². The van der Waals surface area contributed by atoms with Crippen molar-refractivity contribution in [3.63, 3.8) is 0 Å². The summed E-state index contributed by atoms with van der Waals surface area (Å²) >= 11 is 6.95. The van der Waals surface area contributed by atoms with Crippen molar-refractivity contribution < 1.29 is 22.8 Å². The first-order chi connectivity index (χ1) is 13.3. The number of hydrogen-bond donors (Lipinski definition) is 0. The molecular weight excluding hydrogens is 417 g/mol. The van der Waals surface area contributed by atoms with Crippen molar-refractivity contribution in [2.24, 2.45) is 0 Å². The summed E-state index contributed by atoms with van der Waals surface area (Å²) in [6.07, 6.45) is -3.70. The molecule has 2 aromatic heterocycles. The fraction of sp³-hybridized carbons (Fsp3) is 0.176. The number of alkyl halides is 3. The normalized spacial score (nSPS) is 14.2. The molecule has 0 bridgehead atoms. The Morgan fingerprint density at radius 2 is 1.71 bits per heavy atom. The summed E-state index contributed by atoms with van der Waals surface area (Å²) in [6.45, 7) is 0.0820. The van der Waals surface area contributed by atoms with Gasteiger partial charge in [-0.1, -0.05) is 35.5 Å². The van der Waals surface area contributed by atoms with E-state index in [4.69, 9.17) is 11.6 Å². The Morgan fingerprint density at radius 1 is 1.07 bits per heavy atom. The molecule has 1 aliphatic heterocycles. The van der Waals surface area contributed by atoms with Crippen LogP contribution in [0.1, 0.15) is 26.3 Å². The average Bonchev–Trinajstić information content (AvgIpc) is 3.16. The van der Waals surface area contributed by atoms with Crippen LogP contribution in [-0.2, 0) is 6.18 Å². The predicted molar refractivity (Wildman–Crippen MR) is 95.5 cm³/mol. The molecule has 11 heteroatoms. The number of rotatable bonds is 4. The molecule has 144 valence electrons. The molecule has 0 saturated heterocycles. The number of benzene rings is 1. The van der Waals surface area contributed by atoms with E-state index in [1.807, 2.05) is 0 Å². The topological polar surface area (TPSA) is 67.6 Å². The van der Waals surface area contributed by atoms with Crippen LogP contribution in [0.2, 0.25) is 5.02 Å². The molecule has 4 rings (SSSR count). The van der Waals surface area contributed by atoms with E-state index in [1.54, 1.807) is 24.3 Å². The molecule has 0 aliphatic carbocycles. The Bertz CT molecular complexity index is 1080. The minimum Gasteiger partial charge on any atom is -0.276 e. The molecule has 0 saturated carbocycles. The van der Waals surface area contributed by atoms with Crippen LogP contribution in [0.3, 0.4) is 0 Å². The molecular formula is C17H10ClF3N4O2S. The standard InChI is InChI=1S/C17H10ClF3N4O2S/c18-12-7-9(17(19,20)21)8-25-13(12)22-23-16(25)28-6-5-24-14(26)10-3-1-2-4-11(10)15(24)27/h1-4,7-8H,5-6H2. The van der Waals surface area contributed by atoms with E-state index in [9.17, 15) is 22.8 Å². The third-order valence-electron chi connectivity index (χ3n) is 4.18. The van der Waals surface area contributed by atoms with Gasteiger partial charge < -0.3 is 0 Å². The smallest absolute Gasteiger partial charge is 0.276 e. The third-order valence-corrected chi connectivity index (χ3v) is 5.38. The molecule has 1 aromatic carbocycles. The second kappa shape index (κ2) is 6.78. The lowest BCUT2D eigenvalue weighted by Crippen LogP contribution is -2.31. The van der Waals surface area contributed by atoms with E-state index in [-0.39, 0.29) is 28.1 Å². The van der Waals surface area contributed by atoms with Gasteiger partial charge >= 0.3 is 6.18 Å². The largest absolute Gasteiger partial charge is 0.417 e. The van der Waals surface area contributed by atoms with Crippen LogP contribution in [0.25, 0.3) is 5.65 Å². The number of carbonyl (C=O) groups excluding carboxylic acids is 2. The van der Waals surface area contributed by atoms with Crippen molar-refractivity contribution in [3.05, 3.63) is 58.2 Å². The lowest BCUT2D eigenvalue weighted by Gasteiger charge is -2.13. The average molecular weight is 427 g/mol. The van der Waals surface area contributed by atoms with Gasteiger partial charge in [0.1, 0.15) is 0 Å². The summed E-state index contributed by atoms with van der Waals surface area (Å²) in [6, 6.07) is 7.29. The van der Waals surface area contributed by atoms with Gasteiger partial charge in [0.2, 0.25) is 0 Å². The Balaban J connectivity index is 1.52. The van der Waals surface area contributed by atoms with Gasteiger partial charge in [-0.05, 0) is 18.2 Å². The molecule has 0 unspecified atom stereocenters. The fourth-order valence-electron chi connectivity index (χ4n) is 2.86. The Hall–Kier alpha value is -2.59. The summed E-state index contributed by atoms with van der Waals surface area (Å²) in [4.78, 5) is 25.8. The van der Waals surface area contributed by atoms with Crippen LogP contribution < -0.4 is 0 Å². The van der Waals surface area contributed by atoms with Crippen molar-refractivity contribution >= 4 is 40.8 Å². The highest BCUT2D eigenvalue weighted by Crippen LogP contribution is 2.33. The number of imide groups is 1. The Labute approximate surface area is 165 Å². The molecule has 2 amide bonds. The van der Waals surface area contributed by atoms with Gasteiger partial charge in [-0.25, -0.2) is 0 Å². The van der Waals surface area contributed by atoms with Crippen LogP contribution in [0.15, 0.2) is 41.7 Å². The lowest BCUT2D eigenvalue weighted by atomic mass is 10.1. The number of halogens is 4. The van der Waals surface area contributed by atoms with Crippen LogP contribution >= 0.6 is 23.4 Å². The van der Waals surface area contributed by atoms with Gasteiger partial charge in [0.15, 0.2) is 10.8 Å². The van der Waals surface area contributed by atoms with Gasteiger partial charge in [0.25, 0.3) is 11.8 Å². The van der Waals surface area contributed by atoms with Crippen molar-refractivity contribution in [3.8, 4) is 0 Å². The number of hydrogen-bond acceptors (Lipinski definition) is 5. The van der Waals surface area contributed by atoms with Gasteiger partial charge in [-0.15, -0.1) is 10.2 Å². The Kier molecular flexibility index (Phi) is 4.54. The summed E-state index contributed by atoms with van der Waals surface area (Å²) in [5.74, 6) is -0.551. The Morgan fingerprint density at radius 3 is 2.32 bits per heavy atom. The molecule has 0 atom stereocenters. The van der Waals surface area contributed by atoms with Crippen molar-refractivity contribution in [2.45, 2.75) is 11.3 Å².